The molecule has 0 bridgehead atoms. The molecular formula is C38H28IrN2S-2. The molecule has 5 aromatic carbocycles. The smallest absolute Gasteiger partial charge is 0.0697 e. The number of aryl methyl sites for hydroxylation is 2. The number of pyridine rings is 1. The van der Waals surface area contributed by atoms with Crippen molar-refractivity contribution in [2.45, 2.75) is 13.8 Å². The monoisotopic (exact) mass is 737 g/mol. The van der Waals surface area contributed by atoms with E-state index in [2.05, 4.69) is 96.6 Å². The second-order valence-electron chi connectivity index (χ2n) is 9.78. The van der Waals surface area contributed by atoms with Gasteiger partial charge in [0, 0.05) is 36.0 Å². The molecule has 7 rings (SSSR count). The van der Waals surface area contributed by atoms with Crippen LogP contribution in [0.2, 0.25) is 0 Å². The Hall–Kier alpha value is -4.21. The summed E-state index contributed by atoms with van der Waals surface area (Å²) in [5, 5.41) is 1.04. The predicted molar refractivity (Wildman–Crippen MR) is 173 cm³/mol. The van der Waals surface area contributed by atoms with Gasteiger partial charge in [0.05, 0.1) is 5.52 Å². The van der Waals surface area contributed by atoms with Gasteiger partial charge in [0.2, 0.25) is 0 Å². The molecule has 0 aliphatic heterocycles. The Bertz CT molecular complexity index is 1860. The Kier molecular flexibility index (Phi) is 9.51. The summed E-state index contributed by atoms with van der Waals surface area (Å²) in [5.41, 5.74) is 11.7. The molecule has 2 aromatic heterocycles. The summed E-state index contributed by atoms with van der Waals surface area (Å²) >= 11 is 1.71. The zero-order chi connectivity index (χ0) is 28.0. The van der Waals surface area contributed by atoms with Gasteiger partial charge in [-0.1, -0.05) is 66.7 Å². The van der Waals surface area contributed by atoms with Gasteiger partial charge in [0.25, 0.3) is 0 Å². The minimum Gasteiger partial charge on any atom is -0.305 e. The zero-order valence-corrected chi connectivity index (χ0v) is 26.5. The van der Waals surface area contributed by atoms with Gasteiger partial charge in [0.15, 0.2) is 0 Å². The van der Waals surface area contributed by atoms with Crippen LogP contribution in [0.4, 0.5) is 0 Å². The second-order valence-corrected chi connectivity index (χ2v) is 10.8. The molecule has 2 nitrogen and oxygen atoms in total. The van der Waals surface area contributed by atoms with E-state index in [4.69, 9.17) is 0 Å². The molecule has 0 fully saturated rings. The standard InChI is InChI=1S/C25H20N.C13H8NS.Ir/c1-18-9-7-10-19(2)25(18)23-14-4-3-13-22(23)20-11-8-12-21(17-20)24-15-5-6-16-26-24;1-2-6-10(7-3-1)13-14-11-8-4-5-9-12(11)15-13;/h3-11,13-17H,1-2H3;1-6,8-9H;/q2*-1;. The molecule has 0 aliphatic rings. The second kappa shape index (κ2) is 13.6. The van der Waals surface area contributed by atoms with Gasteiger partial charge in [-0.3, -0.25) is 4.98 Å². The molecule has 0 amide bonds. The van der Waals surface area contributed by atoms with Crippen molar-refractivity contribution < 1.29 is 20.1 Å². The number of para-hydroxylation sites is 1. The quantitative estimate of drug-likeness (QED) is 0.168. The first-order valence-corrected chi connectivity index (χ1v) is 14.4. The predicted octanol–water partition coefficient (Wildman–Crippen LogP) is 10.3. The number of hydrogen-bond donors (Lipinski definition) is 0. The number of benzene rings is 5. The fourth-order valence-electron chi connectivity index (χ4n) is 5.01. The van der Waals surface area contributed by atoms with E-state index < -0.39 is 0 Å². The van der Waals surface area contributed by atoms with Gasteiger partial charge >= 0.3 is 0 Å². The van der Waals surface area contributed by atoms with E-state index in [1.165, 1.54) is 38.1 Å². The Balaban J connectivity index is 0.000000187. The summed E-state index contributed by atoms with van der Waals surface area (Å²) in [6.07, 6.45) is 1.82. The van der Waals surface area contributed by atoms with Crippen molar-refractivity contribution in [2.24, 2.45) is 0 Å². The molecule has 0 N–H and O–H groups in total. The average molecular weight is 737 g/mol. The summed E-state index contributed by atoms with van der Waals surface area (Å²) in [5.74, 6) is 0. The van der Waals surface area contributed by atoms with Crippen LogP contribution in [-0.4, -0.2) is 9.97 Å². The van der Waals surface area contributed by atoms with Gasteiger partial charge in [-0.25, -0.2) is 0 Å². The van der Waals surface area contributed by atoms with E-state index in [9.17, 15) is 0 Å². The number of aromatic nitrogens is 2. The van der Waals surface area contributed by atoms with Gasteiger partial charge in [-0.15, -0.1) is 71.3 Å². The maximum atomic E-state index is 4.57. The molecule has 0 unspecified atom stereocenters. The maximum Gasteiger partial charge on any atom is 0.0697 e. The van der Waals surface area contributed by atoms with Crippen LogP contribution in [-0.2, 0) is 20.1 Å². The number of hydrogen-bond acceptors (Lipinski definition) is 3. The molecule has 0 spiro atoms. The van der Waals surface area contributed by atoms with Crippen LogP contribution in [0.15, 0.2) is 134 Å². The average Bonchev–Trinajstić information content (AvgIpc) is 3.47. The summed E-state index contributed by atoms with van der Waals surface area (Å²) in [4.78, 5) is 9.03. The molecule has 1 radical (unpaired) electrons. The van der Waals surface area contributed by atoms with Gasteiger partial charge in [0.1, 0.15) is 0 Å². The van der Waals surface area contributed by atoms with E-state index in [0.717, 1.165) is 27.3 Å². The number of rotatable bonds is 4. The van der Waals surface area contributed by atoms with Crippen LogP contribution in [0.5, 0.6) is 0 Å². The van der Waals surface area contributed by atoms with Gasteiger partial charge in [-0.2, -0.15) is 11.3 Å². The maximum absolute atomic E-state index is 4.57. The molecule has 4 heteroatoms. The SMILES string of the molecule is Cc1cccc(C)c1-c1ccccc1-c1cc[c-]c(-c2ccccn2)c1.[Ir].[c-]1ccccc1-c1nc2ccccc2s1. The number of thiazole rings is 1. The molecule has 7 aromatic rings. The summed E-state index contributed by atoms with van der Waals surface area (Å²) < 4.78 is 1.23. The van der Waals surface area contributed by atoms with E-state index in [0.29, 0.717) is 0 Å². The molecular weight excluding hydrogens is 709 g/mol. The zero-order valence-electron chi connectivity index (χ0n) is 23.3. The van der Waals surface area contributed by atoms with Crippen molar-refractivity contribution in [1.82, 2.24) is 9.97 Å². The summed E-state index contributed by atoms with van der Waals surface area (Å²) in [6.45, 7) is 4.36. The van der Waals surface area contributed by atoms with E-state index in [-0.39, 0.29) is 20.1 Å². The molecule has 42 heavy (non-hydrogen) atoms. The Morgan fingerprint density at radius 3 is 2.07 bits per heavy atom. The van der Waals surface area contributed by atoms with Crippen LogP contribution in [0, 0.1) is 26.0 Å². The topological polar surface area (TPSA) is 25.8 Å². The molecule has 0 aliphatic carbocycles. The van der Waals surface area contributed by atoms with E-state index in [1.54, 1.807) is 11.3 Å². The molecule has 0 saturated heterocycles. The minimum atomic E-state index is 0. The number of fused-ring (bicyclic) bond motifs is 1. The van der Waals surface area contributed by atoms with Gasteiger partial charge in [-0.05, 0) is 65.6 Å². The Morgan fingerprint density at radius 1 is 0.619 bits per heavy atom. The largest absolute Gasteiger partial charge is 0.305 e. The first kappa shape index (κ1) is 29.3. The summed E-state index contributed by atoms with van der Waals surface area (Å²) in [6, 6.07) is 50.0. The fraction of sp³-hybridized carbons (Fsp3) is 0.0526. The van der Waals surface area contributed by atoms with Crippen molar-refractivity contribution in [1.29, 1.82) is 0 Å². The van der Waals surface area contributed by atoms with Crippen LogP contribution < -0.4 is 0 Å². The third-order valence-electron chi connectivity index (χ3n) is 6.96. The fourth-order valence-corrected chi connectivity index (χ4v) is 5.96. The van der Waals surface area contributed by atoms with Crippen LogP contribution in [0.1, 0.15) is 11.1 Å². The number of nitrogens with zero attached hydrogens (tertiary/aromatic N) is 2. The van der Waals surface area contributed by atoms with Crippen molar-refractivity contribution in [2.75, 3.05) is 0 Å². The first-order valence-electron chi connectivity index (χ1n) is 13.6. The van der Waals surface area contributed by atoms with Crippen molar-refractivity contribution in [3.05, 3.63) is 157 Å². The van der Waals surface area contributed by atoms with Crippen LogP contribution in [0.25, 0.3) is 54.3 Å². The van der Waals surface area contributed by atoms with Crippen molar-refractivity contribution >= 4 is 21.6 Å². The van der Waals surface area contributed by atoms with Crippen molar-refractivity contribution in [3.63, 3.8) is 0 Å². The van der Waals surface area contributed by atoms with Crippen molar-refractivity contribution in [3.8, 4) is 44.1 Å². The Morgan fingerprint density at radius 2 is 1.33 bits per heavy atom. The normalized spacial score (nSPS) is 10.4. The van der Waals surface area contributed by atoms with Crippen LogP contribution in [0.3, 0.4) is 0 Å². The third-order valence-corrected chi connectivity index (χ3v) is 8.03. The first-order chi connectivity index (χ1) is 20.2. The van der Waals surface area contributed by atoms with E-state index in [1.807, 2.05) is 72.9 Å². The van der Waals surface area contributed by atoms with E-state index >= 15 is 0 Å². The molecule has 0 saturated carbocycles. The Labute approximate surface area is 265 Å². The molecule has 2 heterocycles. The molecule has 0 atom stereocenters. The minimum absolute atomic E-state index is 0. The molecule has 207 valence electrons. The third kappa shape index (κ3) is 6.48. The van der Waals surface area contributed by atoms with Gasteiger partial charge < -0.3 is 4.98 Å². The van der Waals surface area contributed by atoms with Crippen LogP contribution >= 0.6 is 11.3 Å². The summed E-state index contributed by atoms with van der Waals surface area (Å²) in [7, 11) is 0.